The number of piperidine rings is 1. The first kappa shape index (κ1) is 20.7. The summed E-state index contributed by atoms with van der Waals surface area (Å²) in [5.41, 5.74) is 1.52. The van der Waals surface area contributed by atoms with Crippen LogP contribution in [0.4, 0.5) is 10.1 Å². The summed E-state index contributed by atoms with van der Waals surface area (Å²) in [6.45, 7) is 3.76. The Kier molecular flexibility index (Phi) is 6.43. The molecular formula is C21H24FN3O4. The van der Waals surface area contributed by atoms with E-state index in [9.17, 15) is 19.3 Å². The number of likely N-dealkylation sites (tertiary alicyclic amines) is 1. The number of carbonyl (C=O) groups excluding carboxylic acids is 1. The molecule has 1 aliphatic rings. The summed E-state index contributed by atoms with van der Waals surface area (Å²) in [5.74, 6) is -0.437. The van der Waals surface area contributed by atoms with E-state index in [0.717, 1.165) is 31.5 Å². The summed E-state index contributed by atoms with van der Waals surface area (Å²) in [4.78, 5) is 25.4. The number of amides is 1. The molecule has 1 heterocycles. The predicted molar refractivity (Wildman–Crippen MR) is 107 cm³/mol. The zero-order valence-corrected chi connectivity index (χ0v) is 16.5. The van der Waals surface area contributed by atoms with Crippen LogP contribution < -0.4 is 10.1 Å². The van der Waals surface area contributed by atoms with Crippen molar-refractivity contribution in [3.05, 3.63) is 69.0 Å². The lowest BCUT2D eigenvalue weighted by molar-refractivity contribution is -0.385. The minimum atomic E-state index is -0.480. The number of nitrogens with one attached hydrogen (secondary N) is 1. The average Bonchev–Trinajstić information content (AvgIpc) is 2.69. The average molecular weight is 401 g/mol. The van der Waals surface area contributed by atoms with Crippen LogP contribution in [-0.4, -0.2) is 42.0 Å². The molecule has 0 spiro atoms. The first-order chi connectivity index (χ1) is 13.9. The Morgan fingerprint density at radius 1 is 1.31 bits per heavy atom. The number of nitro benzene ring substituents is 1. The number of benzene rings is 2. The summed E-state index contributed by atoms with van der Waals surface area (Å²) < 4.78 is 18.8. The van der Waals surface area contributed by atoms with Gasteiger partial charge in [0.2, 0.25) is 0 Å². The van der Waals surface area contributed by atoms with Crippen molar-refractivity contribution in [1.82, 2.24) is 10.2 Å². The van der Waals surface area contributed by atoms with Gasteiger partial charge in [0.1, 0.15) is 0 Å². The van der Waals surface area contributed by atoms with Gasteiger partial charge in [0, 0.05) is 42.9 Å². The van der Waals surface area contributed by atoms with E-state index in [1.807, 2.05) is 6.07 Å². The lowest BCUT2D eigenvalue weighted by Gasteiger charge is -2.32. The lowest BCUT2D eigenvalue weighted by atomic mass is 10.0. The van der Waals surface area contributed by atoms with Crippen molar-refractivity contribution in [2.75, 3.05) is 20.2 Å². The SMILES string of the molecule is COc1ccc(CN2CCC(NC(=O)c3cccc([N+](=O)[O-])c3C)CC2)cc1F. The lowest BCUT2D eigenvalue weighted by Crippen LogP contribution is -2.44. The number of nitro groups is 1. The number of halogens is 1. The number of hydrogen-bond acceptors (Lipinski definition) is 5. The minimum absolute atomic E-state index is 0.00464. The number of carbonyl (C=O) groups is 1. The van der Waals surface area contributed by atoms with Crippen LogP contribution in [0.25, 0.3) is 0 Å². The molecule has 1 N–H and O–H groups in total. The molecule has 1 amide bonds. The Labute approximate surface area is 168 Å². The van der Waals surface area contributed by atoms with Gasteiger partial charge in [-0.3, -0.25) is 19.8 Å². The van der Waals surface area contributed by atoms with Gasteiger partial charge in [-0.2, -0.15) is 0 Å². The van der Waals surface area contributed by atoms with Gasteiger partial charge in [-0.1, -0.05) is 12.1 Å². The first-order valence-corrected chi connectivity index (χ1v) is 9.48. The third-order valence-corrected chi connectivity index (χ3v) is 5.29. The minimum Gasteiger partial charge on any atom is -0.494 e. The van der Waals surface area contributed by atoms with E-state index in [2.05, 4.69) is 10.2 Å². The first-order valence-electron chi connectivity index (χ1n) is 9.48. The maximum absolute atomic E-state index is 13.8. The fourth-order valence-corrected chi connectivity index (χ4v) is 3.63. The monoisotopic (exact) mass is 401 g/mol. The highest BCUT2D eigenvalue weighted by Gasteiger charge is 2.24. The molecule has 0 bridgehead atoms. The Morgan fingerprint density at radius 3 is 2.66 bits per heavy atom. The van der Waals surface area contributed by atoms with E-state index in [1.54, 1.807) is 19.1 Å². The fraction of sp³-hybridized carbons (Fsp3) is 0.381. The van der Waals surface area contributed by atoms with E-state index >= 15 is 0 Å². The largest absolute Gasteiger partial charge is 0.494 e. The third-order valence-electron chi connectivity index (χ3n) is 5.29. The molecule has 3 rings (SSSR count). The summed E-state index contributed by atoms with van der Waals surface area (Å²) in [6.07, 6.45) is 1.52. The molecule has 0 aromatic heterocycles. The van der Waals surface area contributed by atoms with E-state index in [1.165, 1.54) is 25.3 Å². The Bertz CT molecular complexity index is 911. The van der Waals surface area contributed by atoms with Crippen LogP contribution in [0.15, 0.2) is 36.4 Å². The smallest absolute Gasteiger partial charge is 0.273 e. The Balaban J connectivity index is 1.55. The van der Waals surface area contributed by atoms with Crippen molar-refractivity contribution < 1.29 is 18.8 Å². The van der Waals surface area contributed by atoms with Gasteiger partial charge in [-0.15, -0.1) is 0 Å². The maximum atomic E-state index is 13.8. The van der Waals surface area contributed by atoms with Gasteiger partial charge < -0.3 is 10.1 Å². The molecule has 154 valence electrons. The van der Waals surface area contributed by atoms with Crippen LogP contribution in [0.1, 0.15) is 34.3 Å². The summed E-state index contributed by atoms with van der Waals surface area (Å²) in [6, 6.07) is 9.48. The van der Waals surface area contributed by atoms with Gasteiger partial charge in [-0.05, 0) is 43.5 Å². The van der Waals surface area contributed by atoms with Crippen molar-refractivity contribution in [2.24, 2.45) is 0 Å². The number of rotatable bonds is 6. The second-order valence-electron chi connectivity index (χ2n) is 7.20. The number of methoxy groups -OCH3 is 1. The molecule has 1 aliphatic heterocycles. The Morgan fingerprint density at radius 2 is 2.03 bits per heavy atom. The zero-order valence-electron chi connectivity index (χ0n) is 16.5. The van der Waals surface area contributed by atoms with Crippen LogP contribution in [-0.2, 0) is 6.54 Å². The molecule has 0 atom stereocenters. The fourth-order valence-electron chi connectivity index (χ4n) is 3.63. The topological polar surface area (TPSA) is 84.7 Å². The van der Waals surface area contributed by atoms with Crippen molar-refractivity contribution >= 4 is 11.6 Å². The van der Waals surface area contributed by atoms with Crippen LogP contribution in [0.5, 0.6) is 5.75 Å². The summed E-state index contributed by atoms with van der Waals surface area (Å²) in [5, 5.41) is 14.1. The second kappa shape index (κ2) is 9.00. The van der Waals surface area contributed by atoms with E-state index in [4.69, 9.17) is 4.74 Å². The quantitative estimate of drug-likeness (QED) is 0.592. The van der Waals surface area contributed by atoms with E-state index in [-0.39, 0.29) is 29.2 Å². The highest BCUT2D eigenvalue weighted by Crippen LogP contribution is 2.23. The van der Waals surface area contributed by atoms with E-state index in [0.29, 0.717) is 17.7 Å². The van der Waals surface area contributed by atoms with Gasteiger partial charge in [0.15, 0.2) is 11.6 Å². The molecule has 0 radical (unpaired) electrons. The third kappa shape index (κ3) is 4.89. The Hall–Kier alpha value is -3.00. The molecule has 1 fully saturated rings. The van der Waals surface area contributed by atoms with Gasteiger partial charge in [0.25, 0.3) is 11.6 Å². The maximum Gasteiger partial charge on any atom is 0.273 e. The van der Waals surface area contributed by atoms with Crippen molar-refractivity contribution in [2.45, 2.75) is 32.4 Å². The summed E-state index contributed by atoms with van der Waals surface area (Å²) >= 11 is 0. The van der Waals surface area contributed by atoms with Crippen molar-refractivity contribution in [3.63, 3.8) is 0 Å². The molecule has 7 nitrogen and oxygen atoms in total. The molecule has 1 saturated heterocycles. The molecule has 0 saturated carbocycles. The van der Waals surface area contributed by atoms with E-state index < -0.39 is 4.92 Å². The molecule has 2 aromatic carbocycles. The molecular weight excluding hydrogens is 377 g/mol. The molecule has 0 unspecified atom stereocenters. The van der Waals surface area contributed by atoms with Crippen LogP contribution in [0, 0.1) is 22.9 Å². The number of ether oxygens (including phenoxy) is 1. The highest BCUT2D eigenvalue weighted by atomic mass is 19.1. The van der Waals surface area contributed by atoms with Crippen molar-refractivity contribution in [1.29, 1.82) is 0 Å². The molecule has 2 aromatic rings. The normalized spacial score (nSPS) is 15.1. The molecule has 29 heavy (non-hydrogen) atoms. The van der Waals surface area contributed by atoms with Crippen molar-refractivity contribution in [3.8, 4) is 5.75 Å². The second-order valence-corrected chi connectivity index (χ2v) is 7.20. The van der Waals surface area contributed by atoms with Crippen LogP contribution >= 0.6 is 0 Å². The highest BCUT2D eigenvalue weighted by molar-refractivity contribution is 5.96. The van der Waals surface area contributed by atoms with Gasteiger partial charge in [0.05, 0.1) is 12.0 Å². The van der Waals surface area contributed by atoms with Crippen LogP contribution in [0.3, 0.4) is 0 Å². The van der Waals surface area contributed by atoms with Gasteiger partial charge in [-0.25, -0.2) is 4.39 Å². The number of nitrogens with zero attached hydrogens (tertiary/aromatic N) is 2. The zero-order chi connectivity index (χ0) is 21.0. The summed E-state index contributed by atoms with van der Waals surface area (Å²) in [7, 11) is 1.44. The number of hydrogen-bond donors (Lipinski definition) is 1. The van der Waals surface area contributed by atoms with Gasteiger partial charge >= 0.3 is 0 Å². The standard InChI is InChI=1S/C21H24FN3O4/c1-14-17(4-3-5-19(14)25(27)28)21(26)23-16-8-10-24(11-9-16)13-15-6-7-20(29-2)18(22)12-15/h3-7,12,16H,8-11,13H2,1-2H3,(H,23,26). The molecule has 0 aliphatic carbocycles. The molecule has 8 heteroatoms. The predicted octanol–water partition coefficient (Wildman–Crippen LogP) is 3.45. The van der Waals surface area contributed by atoms with Crippen LogP contribution in [0.2, 0.25) is 0 Å².